The molecule has 0 saturated carbocycles. The quantitative estimate of drug-likeness (QED) is 0.636. The van der Waals surface area contributed by atoms with Crippen molar-refractivity contribution in [2.75, 3.05) is 12.8 Å². The van der Waals surface area contributed by atoms with Crippen LogP contribution in [0.25, 0.3) is 0 Å². The molecule has 1 rings (SSSR count). The van der Waals surface area contributed by atoms with E-state index in [9.17, 15) is 9.59 Å². The van der Waals surface area contributed by atoms with Gasteiger partial charge < -0.3 is 15.8 Å². The molecule has 0 saturated heterocycles. The first-order chi connectivity index (χ1) is 9.35. The van der Waals surface area contributed by atoms with E-state index in [-0.39, 0.29) is 11.8 Å². The van der Waals surface area contributed by atoms with Crippen LogP contribution in [0.15, 0.2) is 18.2 Å². The molecular formula is C15H22N2O3. The van der Waals surface area contributed by atoms with E-state index in [4.69, 9.17) is 10.5 Å². The smallest absolute Gasteiger partial charge is 0.328 e. The van der Waals surface area contributed by atoms with E-state index in [0.29, 0.717) is 17.7 Å². The average Bonchev–Trinajstić information content (AvgIpc) is 2.36. The lowest BCUT2D eigenvalue weighted by atomic mass is 10.0. The minimum Gasteiger partial charge on any atom is -0.467 e. The molecule has 0 aliphatic heterocycles. The molecule has 0 aromatic heterocycles. The third kappa shape index (κ3) is 4.26. The normalized spacial score (nSPS) is 12.1. The van der Waals surface area contributed by atoms with Crippen LogP contribution in [-0.2, 0) is 9.53 Å². The molecule has 1 aromatic rings. The minimum absolute atomic E-state index is 0.270. The summed E-state index contributed by atoms with van der Waals surface area (Å²) in [4.78, 5) is 23.9. The van der Waals surface area contributed by atoms with Gasteiger partial charge >= 0.3 is 5.97 Å². The summed E-state index contributed by atoms with van der Waals surface area (Å²) in [5.41, 5.74) is 7.55. The number of carbonyl (C=O) groups excluding carboxylic acids is 2. The Bertz CT molecular complexity index is 498. The van der Waals surface area contributed by atoms with Crippen molar-refractivity contribution in [3.63, 3.8) is 0 Å². The molecule has 0 aliphatic rings. The molecule has 3 N–H and O–H groups in total. The zero-order valence-electron chi connectivity index (χ0n) is 12.4. The first-order valence-corrected chi connectivity index (χ1v) is 6.60. The van der Waals surface area contributed by atoms with E-state index in [1.165, 1.54) is 7.11 Å². The molecule has 0 aliphatic carbocycles. The second-order valence-corrected chi connectivity index (χ2v) is 5.25. The van der Waals surface area contributed by atoms with Gasteiger partial charge in [0.25, 0.3) is 5.91 Å². The summed E-state index contributed by atoms with van der Waals surface area (Å²) >= 11 is 0. The number of nitrogens with two attached hydrogens (primary N) is 1. The van der Waals surface area contributed by atoms with Crippen LogP contribution >= 0.6 is 0 Å². The number of hydrogen-bond acceptors (Lipinski definition) is 4. The predicted molar refractivity (Wildman–Crippen MR) is 78.3 cm³/mol. The number of esters is 1. The molecule has 0 radical (unpaired) electrons. The lowest BCUT2D eigenvalue weighted by Crippen LogP contribution is -2.42. The summed E-state index contributed by atoms with van der Waals surface area (Å²) in [6, 6.07) is 4.41. The molecule has 20 heavy (non-hydrogen) atoms. The molecule has 5 nitrogen and oxygen atoms in total. The van der Waals surface area contributed by atoms with Gasteiger partial charge in [-0.1, -0.05) is 13.8 Å². The first-order valence-electron chi connectivity index (χ1n) is 6.60. The Labute approximate surface area is 119 Å². The standard InChI is InChI=1S/C15H22N2O3/c1-9(2)7-13(15(19)20-4)17-14(18)12-6-5-11(16)8-10(12)3/h5-6,8-9,13H,7,16H2,1-4H3,(H,17,18). The topological polar surface area (TPSA) is 81.4 Å². The number of hydrogen-bond donors (Lipinski definition) is 2. The molecule has 0 fully saturated rings. The third-order valence-electron chi connectivity index (χ3n) is 2.99. The van der Waals surface area contributed by atoms with Crippen molar-refractivity contribution < 1.29 is 14.3 Å². The maximum absolute atomic E-state index is 12.2. The van der Waals surface area contributed by atoms with E-state index >= 15 is 0 Å². The van der Waals surface area contributed by atoms with Gasteiger partial charge in [0.1, 0.15) is 6.04 Å². The van der Waals surface area contributed by atoms with Crippen molar-refractivity contribution in [3.05, 3.63) is 29.3 Å². The zero-order chi connectivity index (χ0) is 15.3. The fraction of sp³-hybridized carbons (Fsp3) is 0.467. The highest BCUT2D eigenvalue weighted by Crippen LogP contribution is 2.14. The van der Waals surface area contributed by atoms with Crippen molar-refractivity contribution in [2.45, 2.75) is 33.2 Å². The maximum atomic E-state index is 12.2. The molecule has 1 atom stereocenters. The fourth-order valence-electron chi connectivity index (χ4n) is 2.01. The minimum atomic E-state index is -0.635. The maximum Gasteiger partial charge on any atom is 0.328 e. The highest BCUT2D eigenvalue weighted by atomic mass is 16.5. The summed E-state index contributed by atoms with van der Waals surface area (Å²) < 4.78 is 4.73. The number of aryl methyl sites for hydroxylation is 1. The molecule has 1 unspecified atom stereocenters. The van der Waals surface area contributed by atoms with Gasteiger partial charge in [-0.3, -0.25) is 4.79 Å². The van der Waals surface area contributed by atoms with Gasteiger partial charge in [-0.2, -0.15) is 0 Å². The van der Waals surface area contributed by atoms with Gasteiger partial charge in [0.2, 0.25) is 0 Å². The lowest BCUT2D eigenvalue weighted by molar-refractivity contribution is -0.143. The Kier molecular flexibility index (Phi) is 5.55. The Hall–Kier alpha value is -2.04. The fourth-order valence-corrected chi connectivity index (χ4v) is 2.01. The number of nitrogen functional groups attached to an aromatic ring is 1. The van der Waals surface area contributed by atoms with Gasteiger partial charge in [-0.15, -0.1) is 0 Å². The van der Waals surface area contributed by atoms with Crippen LogP contribution in [0.5, 0.6) is 0 Å². The SMILES string of the molecule is COC(=O)C(CC(C)C)NC(=O)c1ccc(N)cc1C. The summed E-state index contributed by atoms with van der Waals surface area (Å²) in [6.07, 6.45) is 0.534. The molecule has 110 valence electrons. The molecule has 0 bridgehead atoms. The van der Waals surface area contributed by atoms with Crippen molar-refractivity contribution in [1.29, 1.82) is 0 Å². The van der Waals surface area contributed by atoms with E-state index in [1.54, 1.807) is 25.1 Å². The van der Waals surface area contributed by atoms with Gasteiger partial charge in [0, 0.05) is 11.3 Å². The molecular weight excluding hydrogens is 256 g/mol. The molecule has 1 amide bonds. The van der Waals surface area contributed by atoms with Crippen LogP contribution in [-0.4, -0.2) is 25.0 Å². The van der Waals surface area contributed by atoms with Crippen LogP contribution in [0.4, 0.5) is 5.69 Å². The monoisotopic (exact) mass is 278 g/mol. The molecule has 5 heteroatoms. The number of rotatable bonds is 5. The van der Waals surface area contributed by atoms with Gasteiger partial charge in [-0.25, -0.2) is 4.79 Å². The number of ether oxygens (including phenoxy) is 1. The van der Waals surface area contributed by atoms with Crippen molar-refractivity contribution in [1.82, 2.24) is 5.32 Å². The summed E-state index contributed by atoms with van der Waals surface area (Å²) in [5, 5.41) is 2.72. The summed E-state index contributed by atoms with van der Waals surface area (Å²) in [5.74, 6) is -0.453. The number of carbonyl (C=O) groups is 2. The Balaban J connectivity index is 2.87. The zero-order valence-corrected chi connectivity index (χ0v) is 12.4. The van der Waals surface area contributed by atoms with Crippen LogP contribution in [0.3, 0.4) is 0 Å². The van der Waals surface area contributed by atoms with Crippen molar-refractivity contribution in [2.24, 2.45) is 5.92 Å². The van der Waals surface area contributed by atoms with Crippen LogP contribution in [0.2, 0.25) is 0 Å². The molecule has 0 spiro atoms. The summed E-state index contributed by atoms with van der Waals surface area (Å²) in [7, 11) is 1.32. The number of anilines is 1. The van der Waals surface area contributed by atoms with Gasteiger partial charge in [0.05, 0.1) is 7.11 Å². The van der Waals surface area contributed by atoms with E-state index < -0.39 is 12.0 Å². The average molecular weight is 278 g/mol. The lowest BCUT2D eigenvalue weighted by Gasteiger charge is -2.19. The highest BCUT2D eigenvalue weighted by molar-refractivity contribution is 5.98. The Morgan fingerprint density at radius 2 is 2.00 bits per heavy atom. The van der Waals surface area contributed by atoms with Crippen LogP contribution in [0, 0.1) is 12.8 Å². The first kappa shape index (κ1) is 16.0. The Morgan fingerprint density at radius 3 is 2.50 bits per heavy atom. The Morgan fingerprint density at radius 1 is 1.35 bits per heavy atom. The van der Waals surface area contributed by atoms with Crippen LogP contribution < -0.4 is 11.1 Å². The third-order valence-corrected chi connectivity index (χ3v) is 2.99. The largest absolute Gasteiger partial charge is 0.467 e. The van der Waals surface area contributed by atoms with Gasteiger partial charge in [0.15, 0.2) is 0 Å². The van der Waals surface area contributed by atoms with Crippen molar-refractivity contribution >= 4 is 17.6 Å². The van der Waals surface area contributed by atoms with Gasteiger partial charge in [-0.05, 0) is 43.0 Å². The predicted octanol–water partition coefficient (Wildman–Crippen LogP) is 1.89. The highest BCUT2D eigenvalue weighted by Gasteiger charge is 2.23. The summed E-state index contributed by atoms with van der Waals surface area (Å²) in [6.45, 7) is 5.77. The second-order valence-electron chi connectivity index (χ2n) is 5.25. The number of methoxy groups -OCH3 is 1. The molecule has 0 heterocycles. The number of amides is 1. The number of nitrogens with one attached hydrogen (secondary N) is 1. The van der Waals surface area contributed by atoms with E-state index in [2.05, 4.69) is 5.32 Å². The van der Waals surface area contributed by atoms with E-state index in [1.807, 2.05) is 13.8 Å². The van der Waals surface area contributed by atoms with Crippen LogP contribution in [0.1, 0.15) is 36.2 Å². The number of benzene rings is 1. The van der Waals surface area contributed by atoms with E-state index in [0.717, 1.165) is 5.56 Å². The van der Waals surface area contributed by atoms with Crippen molar-refractivity contribution in [3.8, 4) is 0 Å². The second kappa shape index (κ2) is 6.93. The molecule has 1 aromatic carbocycles.